The highest BCUT2D eigenvalue weighted by Crippen LogP contribution is 2.31. The van der Waals surface area contributed by atoms with Gasteiger partial charge in [0.05, 0.1) is 11.4 Å². The van der Waals surface area contributed by atoms with Crippen molar-refractivity contribution in [3.05, 3.63) is 53.5 Å². The minimum Gasteiger partial charge on any atom is -0.347 e. The van der Waals surface area contributed by atoms with Gasteiger partial charge in [-0.2, -0.15) is 23.3 Å². The number of alkyl halides is 3. The molecule has 0 spiro atoms. The highest BCUT2D eigenvalue weighted by atomic mass is 32.1. The molecule has 1 N–H and O–H groups in total. The molecular formula is C15H12F3N5O2S. The summed E-state index contributed by atoms with van der Waals surface area (Å²) in [5.41, 5.74) is 0.261. The normalized spacial score (nSPS) is 11.5. The van der Waals surface area contributed by atoms with Crippen LogP contribution in [0.5, 0.6) is 0 Å². The molecule has 0 aliphatic rings. The third-order valence-corrected chi connectivity index (χ3v) is 4.21. The number of aromatic nitrogens is 4. The highest BCUT2D eigenvalue weighted by Gasteiger charge is 2.38. The second-order valence-corrected chi connectivity index (χ2v) is 6.25. The Hall–Kier alpha value is -2.95. The molecular weight excluding hydrogens is 371 g/mol. The molecule has 1 amide bonds. The molecule has 3 aromatic rings. The van der Waals surface area contributed by atoms with Crippen molar-refractivity contribution in [2.24, 2.45) is 0 Å². The molecule has 0 bridgehead atoms. The molecule has 3 heterocycles. The molecule has 0 atom stereocenters. The summed E-state index contributed by atoms with van der Waals surface area (Å²) >= 11 is 1.21. The van der Waals surface area contributed by atoms with Crippen LogP contribution in [-0.4, -0.2) is 32.4 Å². The van der Waals surface area contributed by atoms with Crippen LogP contribution in [0, 0.1) is 0 Å². The van der Waals surface area contributed by atoms with Crippen molar-refractivity contribution >= 4 is 17.2 Å². The van der Waals surface area contributed by atoms with Crippen molar-refractivity contribution in [2.45, 2.75) is 12.7 Å². The maximum Gasteiger partial charge on any atom is 0.471 e. The Labute approximate surface area is 149 Å². The number of thiophene rings is 1. The number of carbonyl (C=O) groups is 1. The summed E-state index contributed by atoms with van der Waals surface area (Å²) in [4.78, 5) is 16.4. The quantitative estimate of drug-likeness (QED) is 0.662. The minimum absolute atomic E-state index is 0.126. The fourth-order valence-electron chi connectivity index (χ4n) is 2.01. The molecule has 0 unspecified atom stereocenters. The summed E-state index contributed by atoms with van der Waals surface area (Å²) in [7, 11) is 0. The van der Waals surface area contributed by atoms with Gasteiger partial charge in [-0.15, -0.1) is 17.9 Å². The molecule has 0 saturated heterocycles. The molecule has 0 aliphatic heterocycles. The van der Waals surface area contributed by atoms with Crippen LogP contribution >= 0.6 is 11.3 Å². The van der Waals surface area contributed by atoms with Crippen molar-refractivity contribution in [1.82, 2.24) is 25.2 Å². The van der Waals surface area contributed by atoms with E-state index in [-0.39, 0.29) is 17.4 Å². The lowest BCUT2D eigenvalue weighted by atomic mass is 10.4. The van der Waals surface area contributed by atoms with Crippen LogP contribution in [0.2, 0.25) is 0 Å². The predicted molar refractivity (Wildman–Crippen MR) is 86.5 cm³/mol. The van der Waals surface area contributed by atoms with E-state index in [0.717, 1.165) is 4.88 Å². The van der Waals surface area contributed by atoms with Crippen LogP contribution in [0.3, 0.4) is 0 Å². The van der Waals surface area contributed by atoms with Gasteiger partial charge in [-0.3, -0.25) is 9.48 Å². The number of carbonyl (C=O) groups excluding carboxylic acids is 1. The van der Waals surface area contributed by atoms with Crippen LogP contribution in [0.4, 0.5) is 13.2 Å². The molecule has 7 nitrogen and oxygen atoms in total. The summed E-state index contributed by atoms with van der Waals surface area (Å²) in [5, 5.41) is 10.1. The Morgan fingerprint density at radius 3 is 2.88 bits per heavy atom. The lowest BCUT2D eigenvalue weighted by Crippen LogP contribution is -2.23. The average Bonchev–Trinajstić information content (AvgIpc) is 3.31. The zero-order valence-electron chi connectivity index (χ0n) is 13.2. The summed E-state index contributed by atoms with van der Waals surface area (Å²) < 4.78 is 43.3. The smallest absolute Gasteiger partial charge is 0.347 e. The lowest BCUT2D eigenvalue weighted by Gasteiger charge is -1.99. The summed E-state index contributed by atoms with van der Waals surface area (Å²) in [6.07, 6.45) is -1.48. The first kappa shape index (κ1) is 17.9. The van der Waals surface area contributed by atoms with Gasteiger partial charge in [-0.25, -0.2) is 0 Å². The van der Waals surface area contributed by atoms with E-state index in [1.54, 1.807) is 35.2 Å². The van der Waals surface area contributed by atoms with Gasteiger partial charge in [0.25, 0.3) is 5.91 Å². The van der Waals surface area contributed by atoms with Crippen molar-refractivity contribution < 1.29 is 22.5 Å². The third-order valence-electron chi connectivity index (χ3n) is 3.15. The Morgan fingerprint density at radius 1 is 1.38 bits per heavy atom. The van der Waals surface area contributed by atoms with Crippen molar-refractivity contribution in [3.8, 4) is 10.7 Å². The number of amides is 1. The number of hydrogen-bond acceptors (Lipinski definition) is 6. The van der Waals surface area contributed by atoms with Gasteiger partial charge in [-0.05, 0) is 18.2 Å². The highest BCUT2D eigenvalue weighted by molar-refractivity contribution is 7.15. The molecule has 0 saturated carbocycles. The van der Waals surface area contributed by atoms with E-state index in [4.69, 9.17) is 0 Å². The maximum atomic E-state index is 12.5. The average molecular weight is 383 g/mol. The zero-order valence-corrected chi connectivity index (χ0v) is 14.0. The SMILES string of the molecule is C=CCNC(=O)c1ccn(Cc2ccc(-c3noc(C(F)(F)F)n3)s2)n1. The van der Waals surface area contributed by atoms with Crippen molar-refractivity contribution in [2.75, 3.05) is 6.54 Å². The molecule has 3 rings (SSSR count). The van der Waals surface area contributed by atoms with E-state index < -0.39 is 12.1 Å². The van der Waals surface area contributed by atoms with Gasteiger partial charge < -0.3 is 9.84 Å². The first-order chi connectivity index (χ1) is 12.4. The molecule has 11 heteroatoms. The predicted octanol–water partition coefficient (Wildman–Crippen LogP) is 2.98. The van der Waals surface area contributed by atoms with Gasteiger partial charge in [0.15, 0.2) is 0 Å². The maximum absolute atomic E-state index is 12.5. The Balaban J connectivity index is 1.69. The van der Waals surface area contributed by atoms with E-state index in [2.05, 4.69) is 31.7 Å². The molecule has 0 aromatic carbocycles. The molecule has 0 fully saturated rings. The number of halogens is 3. The Morgan fingerprint density at radius 2 is 2.19 bits per heavy atom. The van der Waals surface area contributed by atoms with Gasteiger partial charge in [0, 0.05) is 17.6 Å². The Bertz CT molecular complexity index is 928. The standard InChI is InChI=1S/C15H12F3N5O2S/c1-2-6-19-13(24)10-5-7-23(21-10)8-9-3-4-11(26-9)12-20-14(25-22-12)15(16,17)18/h2-5,7H,1,6,8H2,(H,19,24). The van der Waals surface area contributed by atoms with Crippen molar-refractivity contribution in [1.29, 1.82) is 0 Å². The first-order valence-corrected chi connectivity index (χ1v) is 8.11. The largest absolute Gasteiger partial charge is 0.471 e. The lowest BCUT2D eigenvalue weighted by molar-refractivity contribution is -0.159. The van der Waals surface area contributed by atoms with Crippen LogP contribution in [-0.2, 0) is 12.7 Å². The van der Waals surface area contributed by atoms with E-state index in [1.807, 2.05) is 0 Å². The number of nitrogens with one attached hydrogen (secondary N) is 1. The van der Waals surface area contributed by atoms with Crippen LogP contribution in [0.1, 0.15) is 21.3 Å². The van der Waals surface area contributed by atoms with Gasteiger partial charge in [-0.1, -0.05) is 11.2 Å². The monoisotopic (exact) mass is 383 g/mol. The fraction of sp³-hybridized carbons (Fsp3) is 0.200. The van der Waals surface area contributed by atoms with E-state index in [0.29, 0.717) is 18.0 Å². The number of nitrogens with zero attached hydrogens (tertiary/aromatic N) is 4. The zero-order chi connectivity index (χ0) is 18.7. The van der Waals surface area contributed by atoms with Crippen LogP contribution < -0.4 is 5.32 Å². The number of rotatable bonds is 6. The topological polar surface area (TPSA) is 85.8 Å². The van der Waals surface area contributed by atoms with Gasteiger partial charge in [0.2, 0.25) is 5.82 Å². The summed E-state index contributed by atoms with van der Waals surface area (Å²) in [6.45, 7) is 4.20. The summed E-state index contributed by atoms with van der Waals surface area (Å²) in [6, 6.07) is 4.90. The fourth-order valence-corrected chi connectivity index (χ4v) is 2.93. The van der Waals surface area contributed by atoms with Crippen LogP contribution in [0.15, 0.2) is 41.6 Å². The summed E-state index contributed by atoms with van der Waals surface area (Å²) in [5.74, 6) is -1.83. The third kappa shape index (κ3) is 3.99. The van der Waals surface area contributed by atoms with Crippen molar-refractivity contribution in [3.63, 3.8) is 0 Å². The van der Waals surface area contributed by atoms with E-state index >= 15 is 0 Å². The van der Waals surface area contributed by atoms with Gasteiger partial charge in [0.1, 0.15) is 5.69 Å². The second kappa shape index (κ2) is 7.12. The molecule has 0 aliphatic carbocycles. The van der Waals surface area contributed by atoms with Crippen LogP contribution in [0.25, 0.3) is 10.7 Å². The first-order valence-electron chi connectivity index (χ1n) is 7.29. The molecule has 3 aromatic heterocycles. The molecule has 136 valence electrons. The molecule has 0 radical (unpaired) electrons. The molecule has 26 heavy (non-hydrogen) atoms. The minimum atomic E-state index is -4.68. The Kier molecular flexibility index (Phi) is 4.89. The van der Waals surface area contributed by atoms with E-state index in [9.17, 15) is 18.0 Å². The second-order valence-electron chi connectivity index (χ2n) is 5.08. The van der Waals surface area contributed by atoms with E-state index in [1.165, 1.54) is 11.3 Å². The van der Waals surface area contributed by atoms with Gasteiger partial charge >= 0.3 is 12.1 Å². The number of hydrogen-bond donors (Lipinski definition) is 1.